The number of rotatable bonds is 10. The summed E-state index contributed by atoms with van der Waals surface area (Å²) in [6, 6.07) is 22.8. The van der Waals surface area contributed by atoms with Crippen LogP contribution in [-0.4, -0.2) is 45.9 Å². The monoisotopic (exact) mass is 547 g/mol. The summed E-state index contributed by atoms with van der Waals surface area (Å²) < 4.78 is 7.06. The largest absolute Gasteiger partial charge is 0.465 e. The maximum atomic E-state index is 12.9. The summed E-state index contributed by atoms with van der Waals surface area (Å²) >= 11 is 6.13. The number of aromatic nitrogens is 2. The summed E-state index contributed by atoms with van der Waals surface area (Å²) in [5.74, 6) is -0.131. The van der Waals surface area contributed by atoms with Crippen molar-refractivity contribution in [3.63, 3.8) is 0 Å². The van der Waals surface area contributed by atoms with Gasteiger partial charge in [0, 0.05) is 36.5 Å². The second-order valence-corrected chi connectivity index (χ2v) is 8.85. The summed E-state index contributed by atoms with van der Waals surface area (Å²) in [7, 11) is 1.73. The molecule has 0 unspecified atom stereocenters. The summed E-state index contributed by atoms with van der Waals surface area (Å²) in [5, 5.41) is 21.4. The highest BCUT2D eigenvalue weighted by Gasteiger charge is 2.15. The number of carbonyl (C=O) groups excluding carboxylic acids is 2. The number of ether oxygens (including phenoxy) is 1. The van der Waals surface area contributed by atoms with Crippen molar-refractivity contribution < 1.29 is 24.2 Å². The van der Waals surface area contributed by atoms with Gasteiger partial charge in [0.25, 0.3) is 11.8 Å². The number of aryl methyl sites for hydroxylation is 1. The first-order valence-electron chi connectivity index (χ1n) is 12.0. The smallest absolute Gasteiger partial charge is 0.404 e. The van der Waals surface area contributed by atoms with Gasteiger partial charge in [0.15, 0.2) is 0 Å². The number of halogens is 1. The van der Waals surface area contributed by atoms with Gasteiger partial charge in [-0.3, -0.25) is 14.3 Å². The molecule has 0 aliphatic carbocycles. The van der Waals surface area contributed by atoms with E-state index < -0.39 is 6.09 Å². The van der Waals surface area contributed by atoms with Crippen LogP contribution >= 0.6 is 11.6 Å². The number of hydrogen-bond acceptors (Lipinski definition) is 5. The predicted molar refractivity (Wildman–Crippen MR) is 148 cm³/mol. The fraction of sp³-hybridized carbons (Fsp3) is 0.143. The van der Waals surface area contributed by atoms with E-state index in [0.29, 0.717) is 38.9 Å². The molecule has 0 spiro atoms. The molecule has 1 heterocycles. The zero-order valence-electron chi connectivity index (χ0n) is 21.0. The molecular weight excluding hydrogens is 522 g/mol. The minimum absolute atomic E-state index is 0.154. The Balaban J connectivity index is 1.39. The Hall–Kier alpha value is -4.67. The summed E-state index contributed by atoms with van der Waals surface area (Å²) in [5.41, 5.74) is 3.53. The molecule has 4 aromatic rings. The lowest BCUT2D eigenvalue weighted by Crippen LogP contribution is -2.25. The first-order chi connectivity index (χ1) is 18.8. The second kappa shape index (κ2) is 12.7. The van der Waals surface area contributed by atoms with Crippen molar-refractivity contribution >= 4 is 41.0 Å². The topological polar surface area (TPSA) is 135 Å². The molecule has 0 saturated heterocycles. The fourth-order valence-electron chi connectivity index (χ4n) is 3.76. The molecule has 0 radical (unpaired) electrons. The first kappa shape index (κ1) is 27.4. The minimum atomic E-state index is -1.12. The zero-order chi connectivity index (χ0) is 27.8. The van der Waals surface area contributed by atoms with Crippen molar-refractivity contribution in [2.24, 2.45) is 7.05 Å². The van der Waals surface area contributed by atoms with Crippen LogP contribution in [-0.2, 0) is 18.4 Å². The van der Waals surface area contributed by atoms with E-state index in [0.717, 1.165) is 5.56 Å². The second-order valence-electron chi connectivity index (χ2n) is 8.45. The molecule has 3 amide bonds. The molecule has 4 N–H and O–H groups in total. The van der Waals surface area contributed by atoms with E-state index in [-0.39, 0.29) is 31.6 Å². The van der Waals surface area contributed by atoms with Gasteiger partial charge in [-0.2, -0.15) is 5.10 Å². The molecular formula is C28H26ClN5O5. The molecule has 0 saturated carbocycles. The first-order valence-corrected chi connectivity index (χ1v) is 12.3. The zero-order valence-corrected chi connectivity index (χ0v) is 21.7. The lowest BCUT2D eigenvalue weighted by Gasteiger charge is -2.11. The van der Waals surface area contributed by atoms with Gasteiger partial charge in [-0.05, 0) is 35.9 Å². The predicted octanol–water partition coefficient (Wildman–Crippen LogP) is 5.03. The number of carbonyl (C=O) groups is 3. The Morgan fingerprint density at radius 2 is 1.59 bits per heavy atom. The highest BCUT2D eigenvalue weighted by atomic mass is 35.5. The highest BCUT2D eigenvalue weighted by Crippen LogP contribution is 2.25. The van der Waals surface area contributed by atoms with Crippen LogP contribution < -0.4 is 16.0 Å². The number of amides is 3. The third-order valence-corrected chi connectivity index (χ3v) is 6.05. The number of benzene rings is 3. The Kier molecular flexibility index (Phi) is 8.93. The molecule has 10 nitrogen and oxygen atoms in total. The van der Waals surface area contributed by atoms with Crippen LogP contribution in [0.3, 0.4) is 0 Å². The van der Waals surface area contributed by atoms with Crippen molar-refractivity contribution in [1.29, 1.82) is 0 Å². The van der Waals surface area contributed by atoms with Crippen molar-refractivity contribution in [2.75, 3.05) is 23.8 Å². The summed E-state index contributed by atoms with van der Waals surface area (Å²) in [4.78, 5) is 36.1. The van der Waals surface area contributed by atoms with E-state index in [1.807, 2.05) is 12.1 Å². The molecule has 4 rings (SSSR count). The van der Waals surface area contributed by atoms with Gasteiger partial charge in [-0.15, -0.1) is 0 Å². The molecule has 200 valence electrons. The van der Waals surface area contributed by atoms with Gasteiger partial charge in [0.1, 0.15) is 5.82 Å². The number of nitrogens with zero attached hydrogens (tertiary/aromatic N) is 2. The van der Waals surface area contributed by atoms with E-state index >= 15 is 0 Å². The van der Waals surface area contributed by atoms with Crippen LogP contribution in [0.2, 0.25) is 5.02 Å². The van der Waals surface area contributed by atoms with E-state index in [1.165, 1.54) is 0 Å². The molecule has 11 heteroatoms. The summed E-state index contributed by atoms with van der Waals surface area (Å²) in [6.07, 6.45) is -1.12. The van der Waals surface area contributed by atoms with Gasteiger partial charge < -0.3 is 25.8 Å². The van der Waals surface area contributed by atoms with Crippen molar-refractivity contribution in [1.82, 2.24) is 15.1 Å². The quantitative estimate of drug-likeness (QED) is 0.206. The van der Waals surface area contributed by atoms with Gasteiger partial charge in [0.2, 0.25) is 0 Å². The van der Waals surface area contributed by atoms with Gasteiger partial charge >= 0.3 is 6.09 Å². The van der Waals surface area contributed by atoms with Gasteiger partial charge in [-0.1, -0.05) is 54.1 Å². The van der Waals surface area contributed by atoms with E-state index in [1.54, 1.807) is 78.5 Å². The average molecular weight is 548 g/mol. The van der Waals surface area contributed by atoms with E-state index in [2.05, 4.69) is 21.0 Å². The third kappa shape index (κ3) is 7.22. The fourth-order valence-corrected chi connectivity index (χ4v) is 3.98. The van der Waals surface area contributed by atoms with Crippen molar-refractivity contribution in [3.05, 3.63) is 101 Å². The SMILES string of the molecule is Cn1nc(-c2ccc(NC(=O)c3ccccc3COCCNC(=O)O)cc2)cc1NC(=O)c1ccccc1Cl. The molecule has 0 fully saturated rings. The van der Waals surface area contributed by atoms with Crippen LogP contribution in [0, 0.1) is 0 Å². The van der Waals surface area contributed by atoms with Crippen LogP contribution in [0.5, 0.6) is 0 Å². The maximum absolute atomic E-state index is 12.9. The molecule has 1 aromatic heterocycles. The van der Waals surface area contributed by atoms with Crippen LogP contribution in [0.15, 0.2) is 78.9 Å². The average Bonchev–Trinajstić information content (AvgIpc) is 3.28. The Bertz CT molecular complexity index is 1490. The number of carboxylic acid groups (broad SMARTS) is 1. The molecule has 0 atom stereocenters. The normalized spacial score (nSPS) is 10.6. The lowest BCUT2D eigenvalue weighted by molar-refractivity contribution is 0.100. The number of hydrogen-bond donors (Lipinski definition) is 4. The standard InChI is InChI=1S/C28H26ClN5O5/c1-34-25(32-27(36)22-8-4-5-9-23(22)29)16-24(33-34)18-10-12-20(13-11-18)31-26(35)21-7-3-2-6-19(21)17-39-15-14-30-28(37)38/h2-13,16,30H,14-15,17H2,1H3,(H,31,35)(H,32,36)(H,37,38). The van der Waals surface area contributed by atoms with E-state index in [4.69, 9.17) is 21.4 Å². The molecule has 3 aromatic carbocycles. The molecule has 0 aliphatic rings. The number of anilines is 2. The molecule has 0 bridgehead atoms. The van der Waals surface area contributed by atoms with Crippen molar-refractivity contribution in [2.45, 2.75) is 6.61 Å². The minimum Gasteiger partial charge on any atom is -0.465 e. The van der Waals surface area contributed by atoms with Gasteiger partial charge in [-0.25, -0.2) is 4.79 Å². The Labute approximate surface area is 229 Å². The van der Waals surface area contributed by atoms with Crippen LogP contribution in [0.1, 0.15) is 26.3 Å². The lowest BCUT2D eigenvalue weighted by atomic mass is 10.1. The molecule has 39 heavy (non-hydrogen) atoms. The highest BCUT2D eigenvalue weighted by molar-refractivity contribution is 6.34. The van der Waals surface area contributed by atoms with E-state index in [9.17, 15) is 14.4 Å². The Morgan fingerprint density at radius 3 is 2.31 bits per heavy atom. The van der Waals surface area contributed by atoms with Gasteiger partial charge in [0.05, 0.1) is 29.5 Å². The maximum Gasteiger partial charge on any atom is 0.404 e. The third-order valence-electron chi connectivity index (χ3n) is 5.72. The summed E-state index contributed by atoms with van der Waals surface area (Å²) in [6.45, 7) is 0.503. The molecule has 0 aliphatic heterocycles. The van der Waals surface area contributed by atoms with Crippen LogP contribution in [0.4, 0.5) is 16.3 Å². The van der Waals surface area contributed by atoms with Crippen LogP contribution in [0.25, 0.3) is 11.3 Å². The number of nitrogens with one attached hydrogen (secondary N) is 3. The van der Waals surface area contributed by atoms with Crippen molar-refractivity contribution in [3.8, 4) is 11.3 Å². The Morgan fingerprint density at radius 1 is 0.923 bits per heavy atom.